The average Bonchev–Trinajstić information content (AvgIpc) is 2.77. The summed E-state index contributed by atoms with van der Waals surface area (Å²) in [4.78, 5) is 30.6. The minimum absolute atomic E-state index is 0.0710. The third-order valence-corrected chi connectivity index (χ3v) is 5.18. The number of nitrogens with one attached hydrogen (secondary N) is 1. The third kappa shape index (κ3) is 4.29. The SMILES string of the molecule is N#Cc1ccc(Cl)cc1NC(=O)c1cc2cccnc2n(Cc2ccc(Cl)cc2)c1=O. The average molecular weight is 449 g/mol. The molecule has 0 aliphatic rings. The van der Waals surface area contributed by atoms with Gasteiger partial charge in [-0.2, -0.15) is 5.26 Å². The molecule has 0 radical (unpaired) electrons. The third-order valence-electron chi connectivity index (χ3n) is 4.70. The van der Waals surface area contributed by atoms with E-state index < -0.39 is 11.5 Å². The van der Waals surface area contributed by atoms with Gasteiger partial charge in [-0.05, 0) is 54.1 Å². The summed E-state index contributed by atoms with van der Waals surface area (Å²) < 4.78 is 1.44. The molecule has 4 rings (SSSR count). The number of hydrogen-bond donors (Lipinski definition) is 1. The van der Waals surface area contributed by atoms with E-state index in [0.717, 1.165) is 5.56 Å². The van der Waals surface area contributed by atoms with Gasteiger partial charge in [-0.15, -0.1) is 0 Å². The number of nitrogens with zero attached hydrogens (tertiary/aromatic N) is 3. The largest absolute Gasteiger partial charge is 0.321 e. The van der Waals surface area contributed by atoms with Crippen molar-refractivity contribution in [1.29, 1.82) is 5.26 Å². The van der Waals surface area contributed by atoms with Gasteiger partial charge in [-0.1, -0.05) is 35.3 Å². The fraction of sp³-hybridized carbons (Fsp3) is 0.0435. The Morgan fingerprint density at radius 2 is 1.81 bits per heavy atom. The van der Waals surface area contributed by atoms with Crippen LogP contribution in [-0.4, -0.2) is 15.5 Å². The van der Waals surface area contributed by atoms with Crippen LogP contribution in [-0.2, 0) is 6.54 Å². The minimum atomic E-state index is -0.639. The summed E-state index contributed by atoms with van der Waals surface area (Å²) in [6, 6.07) is 18.6. The van der Waals surface area contributed by atoms with E-state index >= 15 is 0 Å². The van der Waals surface area contributed by atoms with Gasteiger partial charge in [0.1, 0.15) is 17.3 Å². The highest BCUT2D eigenvalue weighted by Gasteiger charge is 2.18. The number of pyridine rings is 2. The van der Waals surface area contributed by atoms with Crippen molar-refractivity contribution in [3.8, 4) is 6.07 Å². The molecule has 152 valence electrons. The summed E-state index contributed by atoms with van der Waals surface area (Å²) in [6.45, 7) is 0.214. The first-order valence-electron chi connectivity index (χ1n) is 9.20. The molecule has 1 N–H and O–H groups in total. The second-order valence-corrected chi connectivity index (χ2v) is 7.62. The summed E-state index contributed by atoms with van der Waals surface area (Å²) in [5, 5.41) is 13.5. The van der Waals surface area contributed by atoms with Gasteiger partial charge in [-0.3, -0.25) is 14.2 Å². The Labute approximate surface area is 187 Å². The summed E-state index contributed by atoms with van der Waals surface area (Å²) in [6.07, 6.45) is 1.59. The van der Waals surface area contributed by atoms with Gasteiger partial charge in [0.05, 0.1) is 17.8 Å². The molecule has 0 spiro atoms. The van der Waals surface area contributed by atoms with Gasteiger partial charge >= 0.3 is 0 Å². The fourth-order valence-corrected chi connectivity index (χ4v) is 3.49. The van der Waals surface area contributed by atoms with Crippen molar-refractivity contribution in [2.45, 2.75) is 6.54 Å². The molecule has 0 bridgehead atoms. The van der Waals surface area contributed by atoms with Gasteiger partial charge in [0.2, 0.25) is 0 Å². The number of hydrogen-bond acceptors (Lipinski definition) is 4. The number of carbonyl (C=O) groups excluding carboxylic acids is 1. The van der Waals surface area contributed by atoms with Crippen molar-refractivity contribution in [1.82, 2.24) is 9.55 Å². The zero-order valence-electron chi connectivity index (χ0n) is 16.0. The Bertz CT molecular complexity index is 1410. The Morgan fingerprint density at radius 1 is 1.06 bits per heavy atom. The number of aromatic nitrogens is 2. The van der Waals surface area contributed by atoms with Gasteiger partial charge in [-0.25, -0.2) is 4.98 Å². The molecule has 0 atom stereocenters. The molecular formula is C23H14Cl2N4O2. The minimum Gasteiger partial charge on any atom is -0.321 e. The second kappa shape index (κ2) is 8.60. The highest BCUT2D eigenvalue weighted by Crippen LogP contribution is 2.21. The molecule has 1 amide bonds. The second-order valence-electron chi connectivity index (χ2n) is 6.75. The number of rotatable bonds is 4. The molecule has 0 aliphatic carbocycles. The lowest BCUT2D eigenvalue weighted by Gasteiger charge is -2.13. The molecule has 0 aliphatic heterocycles. The number of halogens is 2. The van der Waals surface area contributed by atoms with Crippen molar-refractivity contribution in [2.75, 3.05) is 5.32 Å². The summed E-state index contributed by atoms with van der Waals surface area (Å²) >= 11 is 11.9. The Kier molecular flexibility index (Phi) is 5.72. The summed E-state index contributed by atoms with van der Waals surface area (Å²) in [5.41, 5.74) is 1.19. The van der Waals surface area contributed by atoms with Crippen molar-refractivity contribution in [3.05, 3.63) is 104 Å². The van der Waals surface area contributed by atoms with Crippen molar-refractivity contribution < 1.29 is 4.79 Å². The van der Waals surface area contributed by atoms with Crippen LogP contribution in [0.15, 0.2) is 71.7 Å². The van der Waals surface area contributed by atoms with Crippen molar-refractivity contribution in [3.63, 3.8) is 0 Å². The topological polar surface area (TPSA) is 87.8 Å². The first-order chi connectivity index (χ1) is 15.0. The van der Waals surface area contributed by atoms with E-state index in [9.17, 15) is 14.9 Å². The maximum atomic E-state index is 13.3. The summed E-state index contributed by atoms with van der Waals surface area (Å²) in [5.74, 6) is -0.639. The monoisotopic (exact) mass is 448 g/mol. The van der Waals surface area contributed by atoms with E-state index in [4.69, 9.17) is 23.2 Å². The predicted molar refractivity (Wildman–Crippen MR) is 121 cm³/mol. The maximum Gasteiger partial charge on any atom is 0.265 e. The quantitative estimate of drug-likeness (QED) is 0.481. The first-order valence-corrected chi connectivity index (χ1v) is 9.96. The molecule has 0 unspecified atom stereocenters. The van der Waals surface area contributed by atoms with E-state index in [1.807, 2.05) is 6.07 Å². The van der Waals surface area contributed by atoms with Gasteiger partial charge in [0.15, 0.2) is 0 Å². The van der Waals surface area contributed by atoms with Gasteiger partial charge < -0.3 is 5.32 Å². The van der Waals surface area contributed by atoms with Crippen LogP contribution < -0.4 is 10.9 Å². The van der Waals surface area contributed by atoms with Crippen LogP contribution in [0, 0.1) is 11.3 Å². The highest BCUT2D eigenvalue weighted by atomic mass is 35.5. The van der Waals surface area contributed by atoms with Gasteiger partial charge in [0.25, 0.3) is 11.5 Å². The zero-order chi connectivity index (χ0) is 22.0. The molecule has 0 fully saturated rings. The molecular weight excluding hydrogens is 435 g/mol. The zero-order valence-corrected chi connectivity index (χ0v) is 17.5. The number of carbonyl (C=O) groups is 1. The summed E-state index contributed by atoms with van der Waals surface area (Å²) in [7, 11) is 0. The van der Waals surface area contributed by atoms with E-state index in [0.29, 0.717) is 21.1 Å². The normalized spacial score (nSPS) is 10.6. The Hall–Kier alpha value is -3.66. The molecule has 0 saturated carbocycles. The van der Waals surface area contributed by atoms with E-state index in [2.05, 4.69) is 10.3 Å². The van der Waals surface area contributed by atoms with Crippen LogP contribution in [0.1, 0.15) is 21.5 Å². The van der Waals surface area contributed by atoms with Crippen molar-refractivity contribution >= 4 is 45.8 Å². The van der Waals surface area contributed by atoms with Crippen molar-refractivity contribution in [2.24, 2.45) is 0 Å². The van der Waals surface area contributed by atoms with Crippen LogP contribution in [0.25, 0.3) is 11.0 Å². The maximum absolute atomic E-state index is 13.3. The standard InChI is InChI=1S/C23H14Cl2N4O2/c24-17-6-3-14(4-7-17)13-29-21-15(2-1-9-27-21)10-19(23(29)31)22(30)28-20-11-18(25)8-5-16(20)12-26/h1-11H,13H2,(H,28,30). The van der Waals surface area contributed by atoms with E-state index in [1.54, 1.807) is 48.7 Å². The number of fused-ring (bicyclic) bond motifs is 1. The lowest BCUT2D eigenvalue weighted by Crippen LogP contribution is -2.30. The van der Waals surface area contributed by atoms with Crippen LogP contribution in [0.4, 0.5) is 5.69 Å². The highest BCUT2D eigenvalue weighted by molar-refractivity contribution is 6.31. The molecule has 6 nitrogen and oxygen atoms in total. The number of benzene rings is 2. The number of amides is 1. The fourth-order valence-electron chi connectivity index (χ4n) is 3.20. The molecule has 2 aromatic carbocycles. The number of anilines is 1. The van der Waals surface area contributed by atoms with Crippen LogP contribution >= 0.6 is 23.2 Å². The van der Waals surface area contributed by atoms with Crippen LogP contribution in [0.2, 0.25) is 10.0 Å². The molecule has 31 heavy (non-hydrogen) atoms. The number of nitriles is 1. The Balaban J connectivity index is 1.80. The molecule has 2 aromatic heterocycles. The van der Waals surface area contributed by atoms with Crippen LogP contribution in [0.5, 0.6) is 0 Å². The lowest BCUT2D eigenvalue weighted by atomic mass is 10.1. The Morgan fingerprint density at radius 3 is 2.55 bits per heavy atom. The molecule has 2 heterocycles. The molecule has 4 aromatic rings. The smallest absolute Gasteiger partial charge is 0.265 e. The van der Waals surface area contributed by atoms with Gasteiger partial charge in [0, 0.05) is 21.6 Å². The van der Waals surface area contributed by atoms with Crippen LogP contribution in [0.3, 0.4) is 0 Å². The van der Waals surface area contributed by atoms with E-state index in [1.165, 1.54) is 22.8 Å². The predicted octanol–water partition coefficient (Wildman–Crippen LogP) is 4.88. The first kappa shape index (κ1) is 20.6. The molecule has 8 heteroatoms. The van der Waals surface area contributed by atoms with E-state index in [-0.39, 0.29) is 23.4 Å². The lowest BCUT2D eigenvalue weighted by molar-refractivity contribution is 0.102. The molecule has 0 saturated heterocycles.